The highest BCUT2D eigenvalue weighted by Crippen LogP contribution is 2.37. The van der Waals surface area contributed by atoms with E-state index in [1.165, 1.54) is 0 Å². The minimum absolute atomic E-state index is 0.00753. The Morgan fingerprint density at radius 1 is 1.09 bits per heavy atom. The van der Waals surface area contributed by atoms with Crippen LogP contribution in [0.5, 0.6) is 0 Å². The summed E-state index contributed by atoms with van der Waals surface area (Å²) < 4.78 is 6.24. The highest BCUT2D eigenvalue weighted by molar-refractivity contribution is 6.74. The predicted octanol–water partition coefficient (Wildman–Crippen LogP) is 3.93. The molecular weight excluding hydrogens is 292 g/mol. The summed E-state index contributed by atoms with van der Waals surface area (Å²) in [5.74, 6) is 0.0121. The van der Waals surface area contributed by atoms with Crippen LogP contribution >= 0.6 is 0 Å². The average Bonchev–Trinajstić information content (AvgIpc) is 2.43. The van der Waals surface area contributed by atoms with Crippen LogP contribution in [-0.2, 0) is 4.43 Å². The maximum absolute atomic E-state index is 10.3. The molecule has 0 heterocycles. The summed E-state index contributed by atoms with van der Waals surface area (Å²) in [7, 11) is -1.76. The van der Waals surface area contributed by atoms with Gasteiger partial charge in [-0.05, 0) is 36.5 Å². The summed E-state index contributed by atoms with van der Waals surface area (Å²) in [5, 5.41) is 19.7. The van der Waals surface area contributed by atoms with E-state index >= 15 is 0 Å². The molecule has 1 aromatic rings. The first-order valence-electron chi connectivity index (χ1n) is 8.17. The first kappa shape index (κ1) is 19.4. The van der Waals surface area contributed by atoms with Gasteiger partial charge in [0.1, 0.15) is 0 Å². The van der Waals surface area contributed by atoms with Crippen molar-refractivity contribution in [2.75, 3.05) is 13.2 Å². The third-order valence-electron chi connectivity index (χ3n) is 4.82. The Kier molecular flexibility index (Phi) is 7.26. The zero-order chi connectivity index (χ0) is 16.8. The summed E-state index contributed by atoms with van der Waals surface area (Å²) in [6.45, 7) is 11.8. The van der Waals surface area contributed by atoms with Crippen LogP contribution in [0, 0.1) is 0 Å². The van der Waals surface area contributed by atoms with E-state index in [1.54, 1.807) is 0 Å². The lowest BCUT2D eigenvalue weighted by Gasteiger charge is -2.36. The van der Waals surface area contributed by atoms with Gasteiger partial charge in [0.05, 0.1) is 6.10 Å². The predicted molar refractivity (Wildman–Crippen MR) is 94.7 cm³/mol. The molecule has 1 unspecified atom stereocenters. The molecule has 0 aliphatic carbocycles. The lowest BCUT2D eigenvalue weighted by molar-refractivity contribution is 0.0967. The number of aliphatic hydroxyl groups excluding tert-OH is 2. The van der Waals surface area contributed by atoms with Crippen LogP contribution in [0.3, 0.4) is 0 Å². The van der Waals surface area contributed by atoms with E-state index < -0.39 is 14.4 Å². The minimum Gasteiger partial charge on any atom is -0.417 e. The Morgan fingerprint density at radius 2 is 1.68 bits per heavy atom. The molecule has 126 valence electrons. The molecule has 4 heteroatoms. The van der Waals surface area contributed by atoms with Crippen molar-refractivity contribution in [3.63, 3.8) is 0 Å². The Balaban J connectivity index is 2.71. The highest BCUT2D eigenvalue weighted by Gasteiger charge is 2.37. The molecule has 0 aromatic heterocycles. The molecule has 0 saturated carbocycles. The minimum atomic E-state index is -1.76. The second-order valence-electron chi connectivity index (χ2n) is 7.49. The molecule has 0 fully saturated rings. The van der Waals surface area contributed by atoms with Gasteiger partial charge in [-0.2, -0.15) is 0 Å². The van der Waals surface area contributed by atoms with Gasteiger partial charge in [0, 0.05) is 19.1 Å². The molecule has 0 saturated heterocycles. The van der Waals surface area contributed by atoms with Crippen molar-refractivity contribution >= 4 is 8.32 Å². The van der Waals surface area contributed by atoms with E-state index in [0.29, 0.717) is 13.0 Å². The third-order valence-corrected chi connectivity index (χ3v) is 9.35. The van der Waals surface area contributed by atoms with Crippen molar-refractivity contribution < 1.29 is 14.6 Å². The maximum Gasteiger partial charge on any atom is 0.191 e. The first-order valence-corrected chi connectivity index (χ1v) is 11.1. The number of hydrogen-bond donors (Lipinski definition) is 2. The van der Waals surface area contributed by atoms with E-state index in [4.69, 9.17) is 9.53 Å². The van der Waals surface area contributed by atoms with Gasteiger partial charge in [0.15, 0.2) is 8.32 Å². The smallest absolute Gasteiger partial charge is 0.191 e. The number of hydrogen-bond acceptors (Lipinski definition) is 3. The SMILES string of the molecule is CC(C)(C)[Si](C)(C)OCC[C@@H](c1ccccc1)C(O)CCO. The molecule has 3 nitrogen and oxygen atoms in total. The number of rotatable bonds is 8. The van der Waals surface area contributed by atoms with Gasteiger partial charge < -0.3 is 14.6 Å². The van der Waals surface area contributed by atoms with E-state index in [2.05, 4.69) is 33.9 Å². The second-order valence-corrected chi connectivity index (χ2v) is 12.3. The van der Waals surface area contributed by atoms with Crippen LogP contribution in [0.25, 0.3) is 0 Å². The highest BCUT2D eigenvalue weighted by atomic mass is 28.4. The Hall–Kier alpha value is -0.683. The molecule has 0 aliphatic rings. The van der Waals surface area contributed by atoms with Crippen LogP contribution in [0.1, 0.15) is 45.1 Å². The van der Waals surface area contributed by atoms with Crippen molar-refractivity contribution in [3.05, 3.63) is 35.9 Å². The molecular formula is C18H32O3Si. The second kappa shape index (κ2) is 8.25. The van der Waals surface area contributed by atoms with Crippen molar-refractivity contribution in [1.29, 1.82) is 0 Å². The quantitative estimate of drug-likeness (QED) is 0.712. The van der Waals surface area contributed by atoms with Crippen LogP contribution in [-0.4, -0.2) is 37.8 Å². The van der Waals surface area contributed by atoms with Gasteiger partial charge in [-0.3, -0.25) is 0 Å². The topological polar surface area (TPSA) is 49.7 Å². The van der Waals surface area contributed by atoms with Gasteiger partial charge in [0.25, 0.3) is 0 Å². The summed E-state index contributed by atoms with van der Waals surface area (Å²) in [6, 6.07) is 10.0. The summed E-state index contributed by atoms with van der Waals surface area (Å²) in [6.07, 6.45) is 0.646. The lowest BCUT2D eigenvalue weighted by atomic mass is 9.89. The van der Waals surface area contributed by atoms with Gasteiger partial charge >= 0.3 is 0 Å². The molecule has 0 spiro atoms. The van der Waals surface area contributed by atoms with E-state index in [9.17, 15) is 5.11 Å². The van der Waals surface area contributed by atoms with Gasteiger partial charge in [-0.15, -0.1) is 0 Å². The Bertz CT molecular complexity index is 426. The zero-order valence-corrected chi connectivity index (χ0v) is 15.7. The molecule has 1 rings (SSSR count). The Labute approximate surface area is 136 Å². The van der Waals surface area contributed by atoms with Crippen molar-refractivity contribution in [1.82, 2.24) is 0 Å². The number of aliphatic hydroxyl groups is 2. The van der Waals surface area contributed by atoms with Gasteiger partial charge in [-0.25, -0.2) is 0 Å². The normalized spacial score (nSPS) is 15.6. The van der Waals surface area contributed by atoms with Gasteiger partial charge in [0.2, 0.25) is 0 Å². The van der Waals surface area contributed by atoms with Crippen molar-refractivity contribution in [2.45, 2.75) is 63.8 Å². The average molecular weight is 325 g/mol. The molecule has 0 radical (unpaired) electrons. The number of benzene rings is 1. The van der Waals surface area contributed by atoms with Crippen LogP contribution in [0.2, 0.25) is 18.1 Å². The fraction of sp³-hybridized carbons (Fsp3) is 0.667. The molecule has 2 atom stereocenters. The Morgan fingerprint density at radius 3 is 2.18 bits per heavy atom. The standard InChI is InChI=1S/C18H32O3Si/c1-18(2,3)22(4,5)21-14-12-16(17(20)11-13-19)15-9-7-6-8-10-15/h6-10,16-17,19-20H,11-14H2,1-5H3/t16-,17?/m0/s1. The molecule has 0 amide bonds. The van der Waals surface area contributed by atoms with Gasteiger partial charge in [-0.1, -0.05) is 51.1 Å². The molecule has 0 bridgehead atoms. The summed E-state index contributed by atoms with van der Waals surface area (Å²) in [4.78, 5) is 0. The molecule has 2 N–H and O–H groups in total. The van der Waals surface area contributed by atoms with Crippen LogP contribution in [0.4, 0.5) is 0 Å². The molecule has 0 aliphatic heterocycles. The molecule has 1 aromatic carbocycles. The van der Waals surface area contributed by atoms with Crippen LogP contribution in [0.15, 0.2) is 30.3 Å². The maximum atomic E-state index is 10.3. The van der Waals surface area contributed by atoms with E-state index in [-0.39, 0.29) is 17.6 Å². The van der Waals surface area contributed by atoms with Crippen molar-refractivity contribution in [3.8, 4) is 0 Å². The zero-order valence-electron chi connectivity index (χ0n) is 14.7. The lowest BCUT2D eigenvalue weighted by Crippen LogP contribution is -2.41. The van der Waals surface area contributed by atoms with Crippen molar-refractivity contribution in [2.24, 2.45) is 0 Å². The summed E-state index contributed by atoms with van der Waals surface area (Å²) >= 11 is 0. The summed E-state index contributed by atoms with van der Waals surface area (Å²) in [5.41, 5.74) is 1.11. The third kappa shape index (κ3) is 5.50. The van der Waals surface area contributed by atoms with E-state index in [1.807, 2.05) is 30.3 Å². The largest absolute Gasteiger partial charge is 0.417 e. The fourth-order valence-corrected chi connectivity index (χ4v) is 3.33. The molecule has 22 heavy (non-hydrogen) atoms. The first-order chi connectivity index (χ1) is 10.2. The van der Waals surface area contributed by atoms with Crippen LogP contribution < -0.4 is 0 Å². The monoisotopic (exact) mass is 324 g/mol. The fourth-order valence-electron chi connectivity index (χ4n) is 2.27. The van der Waals surface area contributed by atoms with E-state index in [0.717, 1.165) is 12.0 Å².